The minimum absolute atomic E-state index is 0.200. The Morgan fingerprint density at radius 1 is 0.933 bits per heavy atom. The van der Waals surface area contributed by atoms with Crippen molar-refractivity contribution in [3.63, 3.8) is 0 Å². The molecule has 4 rings (SSSR count). The van der Waals surface area contributed by atoms with E-state index in [-0.39, 0.29) is 21.4 Å². The van der Waals surface area contributed by atoms with E-state index in [9.17, 15) is 9.59 Å². The van der Waals surface area contributed by atoms with Crippen LogP contribution < -0.4 is 10.1 Å². The van der Waals surface area contributed by atoms with Crippen molar-refractivity contribution >= 4 is 46.1 Å². The van der Waals surface area contributed by atoms with Crippen LogP contribution in [-0.4, -0.2) is 23.2 Å². The van der Waals surface area contributed by atoms with Gasteiger partial charge in [0.15, 0.2) is 0 Å². The van der Waals surface area contributed by atoms with Gasteiger partial charge in [0, 0.05) is 17.3 Å². The summed E-state index contributed by atoms with van der Waals surface area (Å²) >= 11 is 12.3. The van der Waals surface area contributed by atoms with Crippen LogP contribution in [0.3, 0.4) is 0 Å². The average Bonchev–Trinajstić information content (AvgIpc) is 3.15. The molecule has 2 aromatic carbocycles. The molecule has 0 spiro atoms. The van der Waals surface area contributed by atoms with E-state index in [4.69, 9.17) is 27.9 Å². The van der Waals surface area contributed by atoms with Gasteiger partial charge in [-0.05, 0) is 48.0 Å². The summed E-state index contributed by atoms with van der Waals surface area (Å²) in [7, 11) is 1.58. The minimum atomic E-state index is -0.830. The van der Waals surface area contributed by atoms with Gasteiger partial charge in [-0.15, -0.1) is 0 Å². The molecule has 0 radical (unpaired) electrons. The fraction of sp³-hybridized carbons (Fsp3) is 0.0435. The van der Waals surface area contributed by atoms with E-state index >= 15 is 0 Å². The van der Waals surface area contributed by atoms with Gasteiger partial charge in [-0.1, -0.05) is 47.5 Å². The maximum atomic E-state index is 13.2. The highest BCUT2D eigenvalue weighted by atomic mass is 35.5. The summed E-state index contributed by atoms with van der Waals surface area (Å²) in [5, 5.41) is 3.04. The van der Waals surface area contributed by atoms with Crippen molar-refractivity contribution in [1.29, 1.82) is 0 Å². The molecule has 0 aliphatic rings. The normalized spacial score (nSPS) is 10.8. The number of carbonyl (C=O) groups excluding carboxylic acids is 2. The smallest absolute Gasteiger partial charge is 0.298 e. The molecular formula is C23H16Cl2N2O3. The van der Waals surface area contributed by atoms with Crippen molar-refractivity contribution in [2.75, 3.05) is 12.4 Å². The molecule has 0 saturated heterocycles. The van der Waals surface area contributed by atoms with Gasteiger partial charge in [-0.3, -0.25) is 9.59 Å². The number of methoxy groups -OCH3 is 1. The number of amides is 1. The number of ketones is 1. The van der Waals surface area contributed by atoms with Crippen LogP contribution >= 0.6 is 23.2 Å². The number of hydrogen-bond donors (Lipinski definition) is 1. The predicted molar refractivity (Wildman–Crippen MR) is 119 cm³/mol. The number of fused-ring (bicyclic) bond motifs is 1. The Balaban J connectivity index is 1.78. The van der Waals surface area contributed by atoms with Crippen LogP contribution in [0.15, 0.2) is 72.9 Å². The number of nitrogens with zero attached hydrogens (tertiary/aromatic N) is 1. The first-order valence-electron chi connectivity index (χ1n) is 9.04. The zero-order valence-electron chi connectivity index (χ0n) is 15.9. The van der Waals surface area contributed by atoms with Gasteiger partial charge in [0.05, 0.1) is 22.8 Å². The van der Waals surface area contributed by atoms with Crippen molar-refractivity contribution in [1.82, 2.24) is 4.40 Å². The molecule has 7 heteroatoms. The Kier molecular flexibility index (Phi) is 5.48. The highest BCUT2D eigenvalue weighted by molar-refractivity contribution is 6.49. The lowest BCUT2D eigenvalue weighted by molar-refractivity contribution is -0.112. The Morgan fingerprint density at radius 2 is 1.63 bits per heavy atom. The standard InChI is InChI=1S/C23H16Cl2N2O3/c1-30-16-10-8-14(9-11-16)17-13-15-5-2-3-12-27(15)21(17)22(28)23(29)26-20-18(24)6-4-7-19(20)25/h2-13H,1H3,(H,26,29). The molecule has 2 heterocycles. The summed E-state index contributed by atoms with van der Waals surface area (Å²) < 4.78 is 6.90. The third-order valence-corrected chi connectivity index (χ3v) is 5.33. The number of ether oxygens (including phenoxy) is 1. The lowest BCUT2D eigenvalue weighted by Crippen LogP contribution is -2.25. The summed E-state index contributed by atoms with van der Waals surface area (Å²) in [4.78, 5) is 26.1. The van der Waals surface area contributed by atoms with E-state index in [1.54, 1.807) is 54.1 Å². The van der Waals surface area contributed by atoms with Crippen molar-refractivity contribution < 1.29 is 14.3 Å². The molecule has 150 valence electrons. The molecule has 2 aromatic heterocycles. The second-order valence-electron chi connectivity index (χ2n) is 6.51. The number of halogens is 2. The number of para-hydroxylation sites is 1. The SMILES string of the molecule is COc1ccc(-c2cc3ccccn3c2C(=O)C(=O)Nc2c(Cl)cccc2Cl)cc1. The van der Waals surface area contributed by atoms with E-state index < -0.39 is 11.7 Å². The minimum Gasteiger partial charge on any atom is -0.497 e. The third kappa shape index (κ3) is 3.65. The molecule has 5 nitrogen and oxygen atoms in total. The lowest BCUT2D eigenvalue weighted by Gasteiger charge is -2.10. The number of rotatable bonds is 5. The first kappa shape index (κ1) is 20.0. The number of Topliss-reactive ketones (excluding diaryl/α,β-unsaturated/α-hetero) is 1. The lowest BCUT2D eigenvalue weighted by atomic mass is 10.0. The van der Waals surface area contributed by atoms with Crippen molar-refractivity contribution in [3.05, 3.63) is 88.7 Å². The van der Waals surface area contributed by atoms with E-state index in [2.05, 4.69) is 5.32 Å². The molecule has 0 atom stereocenters. The zero-order valence-corrected chi connectivity index (χ0v) is 17.4. The fourth-order valence-corrected chi connectivity index (χ4v) is 3.73. The summed E-state index contributed by atoms with van der Waals surface area (Å²) in [5.41, 5.74) is 2.65. The van der Waals surface area contributed by atoms with Gasteiger partial charge in [-0.2, -0.15) is 0 Å². The van der Waals surface area contributed by atoms with Gasteiger partial charge < -0.3 is 14.5 Å². The summed E-state index contributed by atoms with van der Waals surface area (Å²) in [6.45, 7) is 0. The molecule has 0 bridgehead atoms. The Bertz CT molecular complexity index is 1240. The highest BCUT2D eigenvalue weighted by Crippen LogP contribution is 2.32. The maximum Gasteiger partial charge on any atom is 0.298 e. The fourth-order valence-electron chi connectivity index (χ4n) is 3.24. The van der Waals surface area contributed by atoms with Crippen molar-refractivity contribution in [2.24, 2.45) is 0 Å². The predicted octanol–water partition coefficient (Wildman–Crippen LogP) is 5.74. The summed E-state index contributed by atoms with van der Waals surface area (Å²) in [6, 6.07) is 19.5. The number of aromatic nitrogens is 1. The van der Waals surface area contributed by atoms with Crippen LogP contribution in [0.1, 0.15) is 10.5 Å². The van der Waals surface area contributed by atoms with Crippen LogP contribution in [0.4, 0.5) is 5.69 Å². The van der Waals surface area contributed by atoms with E-state index in [0.717, 1.165) is 11.1 Å². The van der Waals surface area contributed by atoms with E-state index in [0.29, 0.717) is 11.3 Å². The highest BCUT2D eigenvalue weighted by Gasteiger charge is 2.25. The third-order valence-electron chi connectivity index (χ3n) is 4.70. The summed E-state index contributed by atoms with van der Waals surface area (Å²) in [5.74, 6) is -0.840. The molecule has 0 saturated carbocycles. The average molecular weight is 439 g/mol. The number of nitrogens with one attached hydrogen (secondary N) is 1. The zero-order chi connectivity index (χ0) is 21.3. The quantitative estimate of drug-likeness (QED) is 0.319. The molecule has 0 unspecified atom stereocenters. The summed E-state index contributed by atoms with van der Waals surface area (Å²) in [6.07, 6.45) is 1.74. The molecule has 0 aliphatic carbocycles. The molecule has 0 fully saturated rings. The second-order valence-corrected chi connectivity index (χ2v) is 7.32. The second kappa shape index (κ2) is 8.22. The van der Waals surface area contributed by atoms with Crippen LogP contribution in [0.2, 0.25) is 10.0 Å². The first-order chi connectivity index (χ1) is 14.5. The molecule has 1 amide bonds. The van der Waals surface area contributed by atoms with Crippen molar-refractivity contribution in [3.8, 4) is 16.9 Å². The van der Waals surface area contributed by atoms with E-state index in [1.807, 2.05) is 30.3 Å². The molecule has 30 heavy (non-hydrogen) atoms. The Morgan fingerprint density at radius 3 is 2.30 bits per heavy atom. The number of benzene rings is 2. The van der Waals surface area contributed by atoms with Gasteiger partial charge >= 0.3 is 0 Å². The van der Waals surface area contributed by atoms with Crippen LogP contribution in [0.5, 0.6) is 5.75 Å². The van der Waals surface area contributed by atoms with Crippen LogP contribution in [0.25, 0.3) is 16.6 Å². The monoisotopic (exact) mass is 438 g/mol. The van der Waals surface area contributed by atoms with Crippen LogP contribution in [0, 0.1) is 0 Å². The largest absolute Gasteiger partial charge is 0.497 e. The number of anilines is 1. The number of carbonyl (C=O) groups is 2. The van der Waals surface area contributed by atoms with Gasteiger partial charge in [0.2, 0.25) is 0 Å². The van der Waals surface area contributed by atoms with E-state index in [1.165, 1.54) is 0 Å². The topological polar surface area (TPSA) is 59.8 Å². The first-order valence-corrected chi connectivity index (χ1v) is 9.79. The van der Waals surface area contributed by atoms with Gasteiger partial charge in [0.1, 0.15) is 11.4 Å². The number of hydrogen-bond acceptors (Lipinski definition) is 3. The maximum absolute atomic E-state index is 13.2. The molecule has 1 N–H and O–H groups in total. The molecule has 4 aromatic rings. The Labute approximate surface area is 182 Å². The molecular weight excluding hydrogens is 423 g/mol. The number of pyridine rings is 1. The van der Waals surface area contributed by atoms with Crippen molar-refractivity contribution in [2.45, 2.75) is 0 Å². The Hall–Kier alpha value is -3.28. The van der Waals surface area contributed by atoms with Gasteiger partial charge in [-0.25, -0.2) is 0 Å². The van der Waals surface area contributed by atoms with Gasteiger partial charge in [0.25, 0.3) is 11.7 Å². The molecule has 0 aliphatic heterocycles. The van der Waals surface area contributed by atoms with Crippen LogP contribution in [-0.2, 0) is 4.79 Å².